The van der Waals surface area contributed by atoms with Gasteiger partial charge in [-0.1, -0.05) is 19.8 Å². The average Bonchev–Trinajstić information content (AvgIpc) is 2.94. The minimum atomic E-state index is -3.71. The fourth-order valence-corrected chi connectivity index (χ4v) is 4.12. The molecule has 124 valence electrons. The van der Waals surface area contributed by atoms with Crippen molar-refractivity contribution in [2.45, 2.75) is 58.0 Å². The first kappa shape index (κ1) is 18.3. The SMILES string of the molecule is CCCCC(CN)NS(=O)(=O)N1CCCC1C(=O)OCC. The summed E-state index contributed by atoms with van der Waals surface area (Å²) in [5.74, 6) is -0.474. The molecule has 1 rings (SSSR count). The molecule has 0 saturated carbocycles. The van der Waals surface area contributed by atoms with Crippen LogP contribution in [0.1, 0.15) is 46.0 Å². The number of unbranched alkanes of at least 4 members (excludes halogenated alkanes) is 1. The molecule has 0 radical (unpaired) electrons. The molecule has 21 heavy (non-hydrogen) atoms. The highest BCUT2D eigenvalue weighted by atomic mass is 32.2. The Morgan fingerprint density at radius 2 is 2.19 bits per heavy atom. The summed E-state index contributed by atoms with van der Waals surface area (Å²) < 4.78 is 33.6. The summed E-state index contributed by atoms with van der Waals surface area (Å²) in [6, 6.07) is -1.01. The van der Waals surface area contributed by atoms with Crippen molar-refractivity contribution in [1.29, 1.82) is 0 Å². The van der Waals surface area contributed by atoms with E-state index < -0.39 is 22.2 Å². The normalized spacial score (nSPS) is 21.4. The summed E-state index contributed by atoms with van der Waals surface area (Å²) in [5.41, 5.74) is 5.62. The van der Waals surface area contributed by atoms with E-state index in [-0.39, 0.29) is 19.2 Å². The van der Waals surface area contributed by atoms with Gasteiger partial charge in [-0.15, -0.1) is 0 Å². The highest BCUT2D eigenvalue weighted by molar-refractivity contribution is 7.87. The Bertz CT molecular complexity index is 427. The Morgan fingerprint density at radius 1 is 1.48 bits per heavy atom. The molecule has 3 N–H and O–H groups in total. The molecule has 1 fully saturated rings. The molecular weight excluding hydrogens is 294 g/mol. The van der Waals surface area contributed by atoms with E-state index in [1.165, 1.54) is 4.31 Å². The Hall–Kier alpha value is -0.700. The number of nitrogens with one attached hydrogen (secondary N) is 1. The molecule has 0 aliphatic carbocycles. The van der Waals surface area contributed by atoms with Gasteiger partial charge in [0.2, 0.25) is 0 Å². The van der Waals surface area contributed by atoms with Gasteiger partial charge in [-0.05, 0) is 26.2 Å². The molecule has 0 amide bonds. The second-order valence-corrected chi connectivity index (χ2v) is 6.87. The maximum absolute atomic E-state index is 12.4. The lowest BCUT2D eigenvalue weighted by atomic mass is 10.1. The predicted molar refractivity (Wildman–Crippen MR) is 80.8 cm³/mol. The van der Waals surface area contributed by atoms with Gasteiger partial charge in [-0.2, -0.15) is 17.4 Å². The van der Waals surface area contributed by atoms with Crippen molar-refractivity contribution >= 4 is 16.2 Å². The summed E-state index contributed by atoms with van der Waals surface area (Å²) in [5, 5.41) is 0. The van der Waals surface area contributed by atoms with Crippen LogP contribution in [0.5, 0.6) is 0 Å². The minimum Gasteiger partial charge on any atom is -0.465 e. The van der Waals surface area contributed by atoms with Gasteiger partial charge >= 0.3 is 5.97 Å². The van der Waals surface area contributed by atoms with Gasteiger partial charge in [0.15, 0.2) is 0 Å². The molecule has 0 bridgehead atoms. The standard InChI is InChI=1S/C13H27N3O4S/c1-3-5-7-11(10-14)15-21(18,19)16-9-6-8-12(16)13(17)20-4-2/h11-12,15H,3-10,14H2,1-2H3. The first-order chi connectivity index (χ1) is 9.96. The van der Waals surface area contributed by atoms with Crippen LogP contribution in [-0.4, -0.2) is 50.5 Å². The number of rotatable bonds is 9. The van der Waals surface area contributed by atoms with Crippen LogP contribution >= 0.6 is 0 Å². The van der Waals surface area contributed by atoms with Crippen LogP contribution in [0.4, 0.5) is 0 Å². The Labute approximate surface area is 127 Å². The summed E-state index contributed by atoms with van der Waals surface area (Å²) in [6.45, 7) is 4.58. The van der Waals surface area contributed by atoms with Crippen molar-refractivity contribution < 1.29 is 17.9 Å². The number of nitrogens with two attached hydrogens (primary N) is 1. The average molecular weight is 321 g/mol. The Balaban J connectivity index is 2.73. The number of hydrogen-bond acceptors (Lipinski definition) is 5. The predicted octanol–water partition coefficient (Wildman–Crippen LogP) is 0.366. The minimum absolute atomic E-state index is 0.247. The topological polar surface area (TPSA) is 102 Å². The molecule has 1 saturated heterocycles. The van der Waals surface area contributed by atoms with Gasteiger partial charge < -0.3 is 10.5 Å². The van der Waals surface area contributed by atoms with Crippen molar-refractivity contribution in [3.8, 4) is 0 Å². The monoisotopic (exact) mass is 321 g/mol. The Morgan fingerprint density at radius 3 is 2.76 bits per heavy atom. The zero-order valence-electron chi connectivity index (χ0n) is 12.9. The van der Waals surface area contributed by atoms with E-state index in [0.717, 1.165) is 12.8 Å². The first-order valence-corrected chi connectivity index (χ1v) is 9.06. The van der Waals surface area contributed by atoms with E-state index >= 15 is 0 Å². The van der Waals surface area contributed by atoms with Crippen molar-refractivity contribution in [3.05, 3.63) is 0 Å². The number of hydrogen-bond donors (Lipinski definition) is 2. The molecule has 1 heterocycles. The van der Waals surface area contributed by atoms with Crippen LogP contribution in [0.15, 0.2) is 0 Å². The molecule has 0 aromatic heterocycles. The van der Waals surface area contributed by atoms with Crippen LogP contribution in [0.25, 0.3) is 0 Å². The lowest BCUT2D eigenvalue weighted by molar-refractivity contribution is -0.146. The molecule has 1 aliphatic heterocycles. The first-order valence-electron chi connectivity index (χ1n) is 7.62. The zero-order chi connectivity index (χ0) is 15.9. The maximum Gasteiger partial charge on any atom is 0.324 e. The van der Waals surface area contributed by atoms with Crippen LogP contribution in [-0.2, 0) is 19.7 Å². The molecule has 0 spiro atoms. The fraction of sp³-hybridized carbons (Fsp3) is 0.923. The number of ether oxygens (including phenoxy) is 1. The van der Waals surface area contributed by atoms with E-state index in [0.29, 0.717) is 25.8 Å². The molecule has 2 unspecified atom stereocenters. The zero-order valence-corrected chi connectivity index (χ0v) is 13.7. The number of carbonyl (C=O) groups excluding carboxylic acids is 1. The number of esters is 1. The quantitative estimate of drug-likeness (QED) is 0.597. The van der Waals surface area contributed by atoms with Gasteiger partial charge in [-0.25, -0.2) is 0 Å². The lowest BCUT2D eigenvalue weighted by Crippen LogP contribution is -2.51. The fourth-order valence-electron chi connectivity index (χ4n) is 2.46. The molecule has 0 aromatic rings. The smallest absolute Gasteiger partial charge is 0.324 e. The van der Waals surface area contributed by atoms with Crippen molar-refractivity contribution in [3.63, 3.8) is 0 Å². The second kappa shape index (κ2) is 8.67. The van der Waals surface area contributed by atoms with Gasteiger partial charge in [0.05, 0.1) is 6.61 Å². The summed E-state index contributed by atoms with van der Waals surface area (Å²) in [4.78, 5) is 11.8. The van der Waals surface area contributed by atoms with E-state index in [4.69, 9.17) is 10.5 Å². The Kier molecular flexibility index (Phi) is 7.58. The molecule has 0 aromatic carbocycles. The number of nitrogens with zero attached hydrogens (tertiary/aromatic N) is 1. The van der Waals surface area contributed by atoms with Crippen molar-refractivity contribution in [2.24, 2.45) is 5.73 Å². The molecule has 1 aliphatic rings. The van der Waals surface area contributed by atoms with Crippen molar-refractivity contribution in [2.75, 3.05) is 19.7 Å². The van der Waals surface area contributed by atoms with Gasteiger partial charge in [0.25, 0.3) is 10.2 Å². The summed E-state index contributed by atoms with van der Waals surface area (Å²) in [7, 11) is -3.71. The number of carbonyl (C=O) groups is 1. The second-order valence-electron chi connectivity index (χ2n) is 5.22. The van der Waals surface area contributed by atoms with E-state index in [1.807, 2.05) is 6.92 Å². The third kappa shape index (κ3) is 5.21. The molecule has 8 heteroatoms. The third-order valence-electron chi connectivity index (χ3n) is 3.58. The van der Waals surface area contributed by atoms with Crippen LogP contribution in [0.2, 0.25) is 0 Å². The van der Waals surface area contributed by atoms with Gasteiger partial charge in [0, 0.05) is 19.1 Å². The highest BCUT2D eigenvalue weighted by Gasteiger charge is 2.40. The van der Waals surface area contributed by atoms with Crippen LogP contribution < -0.4 is 10.5 Å². The third-order valence-corrected chi connectivity index (χ3v) is 5.26. The molecular formula is C13H27N3O4S. The summed E-state index contributed by atoms with van der Waals surface area (Å²) in [6.07, 6.45) is 3.75. The van der Waals surface area contributed by atoms with Crippen LogP contribution in [0.3, 0.4) is 0 Å². The highest BCUT2D eigenvalue weighted by Crippen LogP contribution is 2.22. The molecule has 7 nitrogen and oxygen atoms in total. The largest absolute Gasteiger partial charge is 0.465 e. The molecule has 2 atom stereocenters. The maximum atomic E-state index is 12.4. The van der Waals surface area contributed by atoms with E-state index in [9.17, 15) is 13.2 Å². The van der Waals surface area contributed by atoms with Crippen molar-refractivity contribution in [1.82, 2.24) is 9.03 Å². The summed E-state index contributed by atoms with van der Waals surface area (Å²) >= 11 is 0. The van der Waals surface area contributed by atoms with Crippen LogP contribution in [0, 0.1) is 0 Å². The van der Waals surface area contributed by atoms with E-state index in [1.54, 1.807) is 6.92 Å². The van der Waals surface area contributed by atoms with E-state index in [2.05, 4.69) is 4.72 Å². The van der Waals surface area contributed by atoms with Gasteiger partial charge in [-0.3, -0.25) is 4.79 Å². The van der Waals surface area contributed by atoms with Gasteiger partial charge in [0.1, 0.15) is 6.04 Å². The lowest BCUT2D eigenvalue weighted by Gasteiger charge is -2.25.